The standard InChI is InChI=1S/C13H24N2O2S2/c1-6-7-10-11(8-14-13(2,3)4)18-12(15-10)9-19(5,16)17/h14H,6-9H2,1-5H3. The minimum absolute atomic E-state index is 0.0455. The van der Waals surface area contributed by atoms with E-state index >= 15 is 0 Å². The summed E-state index contributed by atoms with van der Waals surface area (Å²) in [6.07, 6.45) is 3.17. The quantitative estimate of drug-likeness (QED) is 0.877. The fourth-order valence-electron chi connectivity index (χ4n) is 1.64. The van der Waals surface area contributed by atoms with Crippen LogP contribution in [0.3, 0.4) is 0 Å². The molecule has 0 radical (unpaired) electrons. The van der Waals surface area contributed by atoms with Gasteiger partial charge in [0.25, 0.3) is 0 Å². The number of thiazole rings is 1. The van der Waals surface area contributed by atoms with E-state index in [-0.39, 0.29) is 11.3 Å². The summed E-state index contributed by atoms with van der Waals surface area (Å²) in [6, 6.07) is 0. The van der Waals surface area contributed by atoms with Crippen molar-refractivity contribution in [3.8, 4) is 0 Å². The SMILES string of the molecule is CCCc1nc(CS(C)(=O)=O)sc1CNC(C)(C)C. The molecule has 0 aliphatic heterocycles. The molecule has 0 bridgehead atoms. The van der Waals surface area contributed by atoms with Crippen molar-refractivity contribution in [1.82, 2.24) is 10.3 Å². The monoisotopic (exact) mass is 304 g/mol. The molecule has 0 aliphatic carbocycles. The first kappa shape index (κ1) is 16.6. The largest absolute Gasteiger partial charge is 0.307 e. The number of hydrogen-bond donors (Lipinski definition) is 1. The highest BCUT2D eigenvalue weighted by Gasteiger charge is 2.16. The Hall–Kier alpha value is -0.460. The predicted octanol–water partition coefficient (Wildman–Crippen LogP) is 2.53. The van der Waals surface area contributed by atoms with Gasteiger partial charge in [-0.25, -0.2) is 13.4 Å². The molecule has 0 saturated carbocycles. The van der Waals surface area contributed by atoms with E-state index in [4.69, 9.17) is 0 Å². The molecule has 0 unspecified atom stereocenters. The maximum absolute atomic E-state index is 11.3. The van der Waals surface area contributed by atoms with Gasteiger partial charge < -0.3 is 5.32 Å². The zero-order chi connectivity index (χ0) is 14.7. The Morgan fingerprint density at radius 3 is 2.42 bits per heavy atom. The Labute approximate surface area is 120 Å². The number of nitrogens with one attached hydrogen (secondary N) is 1. The molecule has 0 amide bonds. The second-order valence-corrected chi connectivity index (χ2v) is 9.21. The van der Waals surface area contributed by atoms with Gasteiger partial charge in [0.05, 0.1) is 5.69 Å². The summed E-state index contributed by atoms with van der Waals surface area (Å²) in [7, 11) is -3.01. The molecule has 1 heterocycles. The lowest BCUT2D eigenvalue weighted by atomic mass is 10.1. The van der Waals surface area contributed by atoms with Gasteiger partial charge in [-0.05, 0) is 27.2 Å². The summed E-state index contributed by atoms with van der Waals surface area (Å²) in [5.41, 5.74) is 1.09. The second kappa shape index (κ2) is 6.33. The fourth-order valence-corrected chi connectivity index (χ4v) is 3.88. The summed E-state index contributed by atoms with van der Waals surface area (Å²) >= 11 is 1.51. The van der Waals surface area contributed by atoms with Gasteiger partial charge in [-0.1, -0.05) is 13.3 Å². The fraction of sp³-hybridized carbons (Fsp3) is 0.769. The van der Waals surface area contributed by atoms with Gasteiger partial charge >= 0.3 is 0 Å². The Kier molecular flexibility index (Phi) is 5.53. The van der Waals surface area contributed by atoms with E-state index in [9.17, 15) is 8.42 Å². The van der Waals surface area contributed by atoms with E-state index in [1.807, 2.05) is 0 Å². The molecule has 1 aromatic heterocycles. The topological polar surface area (TPSA) is 59.1 Å². The molecule has 110 valence electrons. The maximum atomic E-state index is 11.3. The van der Waals surface area contributed by atoms with Crippen LogP contribution in [0.5, 0.6) is 0 Å². The van der Waals surface area contributed by atoms with Crippen LogP contribution in [0, 0.1) is 0 Å². The third-order valence-electron chi connectivity index (χ3n) is 2.47. The van der Waals surface area contributed by atoms with Crippen molar-refractivity contribution in [3.05, 3.63) is 15.6 Å². The third kappa shape index (κ3) is 6.49. The van der Waals surface area contributed by atoms with Crippen LogP contribution in [0.1, 0.15) is 49.7 Å². The molecule has 19 heavy (non-hydrogen) atoms. The van der Waals surface area contributed by atoms with Crippen LogP contribution < -0.4 is 5.32 Å². The van der Waals surface area contributed by atoms with Crippen molar-refractivity contribution in [2.75, 3.05) is 6.26 Å². The maximum Gasteiger partial charge on any atom is 0.153 e. The highest BCUT2D eigenvalue weighted by molar-refractivity contribution is 7.90. The zero-order valence-electron chi connectivity index (χ0n) is 12.4. The highest BCUT2D eigenvalue weighted by Crippen LogP contribution is 2.22. The molecule has 0 aromatic carbocycles. The van der Waals surface area contributed by atoms with Gasteiger partial charge in [0.2, 0.25) is 0 Å². The number of hydrogen-bond acceptors (Lipinski definition) is 5. The Morgan fingerprint density at radius 2 is 1.95 bits per heavy atom. The van der Waals surface area contributed by atoms with E-state index in [1.54, 1.807) is 0 Å². The van der Waals surface area contributed by atoms with E-state index in [0.29, 0.717) is 5.01 Å². The first-order chi connectivity index (χ1) is 8.61. The molecule has 0 saturated heterocycles. The van der Waals surface area contributed by atoms with E-state index in [1.165, 1.54) is 17.6 Å². The minimum atomic E-state index is -3.01. The minimum Gasteiger partial charge on any atom is -0.307 e. The Bertz CT molecular complexity index is 513. The van der Waals surface area contributed by atoms with Crippen molar-refractivity contribution in [2.45, 2.75) is 58.4 Å². The van der Waals surface area contributed by atoms with Crippen molar-refractivity contribution in [1.29, 1.82) is 0 Å². The molecule has 0 atom stereocenters. The predicted molar refractivity (Wildman–Crippen MR) is 81.2 cm³/mol. The lowest BCUT2D eigenvalue weighted by Crippen LogP contribution is -2.35. The van der Waals surface area contributed by atoms with Crippen LogP contribution in [0.15, 0.2) is 0 Å². The third-order valence-corrected chi connectivity index (χ3v) is 4.55. The van der Waals surface area contributed by atoms with Crippen molar-refractivity contribution < 1.29 is 8.42 Å². The van der Waals surface area contributed by atoms with Crippen LogP contribution in [0.25, 0.3) is 0 Å². The molecular weight excluding hydrogens is 280 g/mol. The van der Waals surface area contributed by atoms with E-state index in [2.05, 4.69) is 38.0 Å². The molecule has 1 rings (SSSR count). The molecule has 0 spiro atoms. The summed E-state index contributed by atoms with van der Waals surface area (Å²) in [6.45, 7) is 9.21. The molecule has 1 aromatic rings. The first-order valence-electron chi connectivity index (χ1n) is 6.51. The molecule has 0 aliphatic rings. The highest BCUT2D eigenvalue weighted by atomic mass is 32.2. The molecule has 1 N–H and O–H groups in total. The Balaban J connectivity index is 2.88. The van der Waals surface area contributed by atoms with Gasteiger partial charge in [0, 0.05) is 23.2 Å². The van der Waals surface area contributed by atoms with E-state index < -0.39 is 9.84 Å². The van der Waals surface area contributed by atoms with Crippen LogP contribution in [0.2, 0.25) is 0 Å². The van der Waals surface area contributed by atoms with Gasteiger partial charge in [0.1, 0.15) is 10.8 Å². The van der Waals surface area contributed by atoms with Crippen LogP contribution >= 0.6 is 11.3 Å². The Morgan fingerprint density at radius 1 is 1.32 bits per heavy atom. The molecule has 4 nitrogen and oxygen atoms in total. The normalized spacial score (nSPS) is 12.9. The van der Waals surface area contributed by atoms with Gasteiger partial charge in [-0.2, -0.15) is 0 Å². The average molecular weight is 304 g/mol. The van der Waals surface area contributed by atoms with Gasteiger partial charge in [-0.15, -0.1) is 11.3 Å². The van der Waals surface area contributed by atoms with Crippen LogP contribution in [-0.2, 0) is 28.6 Å². The number of rotatable bonds is 6. The summed E-state index contributed by atoms with van der Waals surface area (Å²) in [5.74, 6) is 0.0455. The lowest BCUT2D eigenvalue weighted by molar-refractivity contribution is 0.425. The number of nitrogens with zero attached hydrogens (tertiary/aromatic N) is 1. The van der Waals surface area contributed by atoms with E-state index in [0.717, 1.165) is 30.0 Å². The van der Waals surface area contributed by atoms with Crippen molar-refractivity contribution in [3.63, 3.8) is 0 Å². The number of aromatic nitrogens is 1. The number of aryl methyl sites for hydroxylation is 1. The zero-order valence-corrected chi connectivity index (χ0v) is 14.0. The molecule has 6 heteroatoms. The second-order valence-electron chi connectivity index (χ2n) is 5.90. The van der Waals surface area contributed by atoms with Crippen LogP contribution in [-0.4, -0.2) is 25.2 Å². The first-order valence-corrected chi connectivity index (χ1v) is 9.38. The van der Waals surface area contributed by atoms with Crippen LogP contribution in [0.4, 0.5) is 0 Å². The summed E-state index contributed by atoms with van der Waals surface area (Å²) in [5, 5.41) is 4.14. The lowest BCUT2D eigenvalue weighted by Gasteiger charge is -2.20. The van der Waals surface area contributed by atoms with Crippen molar-refractivity contribution in [2.24, 2.45) is 0 Å². The van der Waals surface area contributed by atoms with Gasteiger partial charge in [0.15, 0.2) is 9.84 Å². The smallest absolute Gasteiger partial charge is 0.153 e. The van der Waals surface area contributed by atoms with Gasteiger partial charge in [-0.3, -0.25) is 0 Å². The summed E-state index contributed by atoms with van der Waals surface area (Å²) in [4.78, 5) is 5.65. The molecular formula is C13H24N2O2S2. The molecule has 0 fully saturated rings. The number of sulfone groups is 1. The average Bonchev–Trinajstić information content (AvgIpc) is 2.54. The summed E-state index contributed by atoms with van der Waals surface area (Å²) < 4.78 is 22.7. The van der Waals surface area contributed by atoms with Crippen molar-refractivity contribution >= 4 is 21.2 Å².